The zero-order valence-corrected chi connectivity index (χ0v) is 17.8. The van der Waals surface area contributed by atoms with Crippen molar-refractivity contribution < 1.29 is 8.42 Å². The second-order valence-electron chi connectivity index (χ2n) is 7.72. The second-order valence-corrected chi connectivity index (χ2v) is 9.37. The van der Waals surface area contributed by atoms with E-state index in [0.717, 1.165) is 35.2 Å². The fourth-order valence-corrected chi connectivity index (χ4v) is 4.55. The molecule has 30 heavy (non-hydrogen) atoms. The lowest BCUT2D eigenvalue weighted by atomic mass is 10.1. The van der Waals surface area contributed by atoms with E-state index >= 15 is 0 Å². The summed E-state index contributed by atoms with van der Waals surface area (Å²) in [5.41, 5.74) is 4.74. The Balaban J connectivity index is 1.50. The van der Waals surface area contributed by atoms with Gasteiger partial charge in [0.1, 0.15) is 0 Å². The summed E-state index contributed by atoms with van der Waals surface area (Å²) in [7, 11) is -3.57. The summed E-state index contributed by atoms with van der Waals surface area (Å²) in [6.45, 7) is 2.15. The first-order valence-electron chi connectivity index (χ1n) is 10.2. The predicted molar refractivity (Wildman–Crippen MR) is 119 cm³/mol. The van der Waals surface area contributed by atoms with Crippen LogP contribution in [0.5, 0.6) is 0 Å². The van der Waals surface area contributed by atoms with Gasteiger partial charge in [0, 0.05) is 23.4 Å². The molecule has 1 fully saturated rings. The van der Waals surface area contributed by atoms with Crippen LogP contribution in [-0.4, -0.2) is 23.2 Å². The van der Waals surface area contributed by atoms with Gasteiger partial charge >= 0.3 is 0 Å². The third-order valence-electron chi connectivity index (χ3n) is 5.40. The van der Waals surface area contributed by atoms with E-state index in [4.69, 9.17) is 5.10 Å². The molecular weight excluding hydrogens is 396 g/mol. The maximum atomic E-state index is 12.4. The van der Waals surface area contributed by atoms with Crippen LogP contribution >= 0.6 is 0 Å². The summed E-state index contributed by atoms with van der Waals surface area (Å²) in [5, 5.41) is 5.95. The van der Waals surface area contributed by atoms with Gasteiger partial charge in [-0.15, -0.1) is 0 Å². The van der Waals surface area contributed by atoms with Crippen LogP contribution in [-0.2, 0) is 16.6 Å². The van der Waals surface area contributed by atoms with Crippen molar-refractivity contribution in [3.8, 4) is 11.3 Å². The Morgan fingerprint density at radius 3 is 2.50 bits per heavy atom. The average molecular weight is 423 g/mol. The minimum atomic E-state index is -3.57. The molecule has 0 aliphatic heterocycles. The topological polar surface area (TPSA) is 76.9 Å². The van der Waals surface area contributed by atoms with Crippen molar-refractivity contribution in [3.63, 3.8) is 0 Å². The molecule has 4 rings (SSSR count). The third kappa shape index (κ3) is 5.04. The number of aromatic nitrogens is 3. The SMILES string of the molecule is Cc1ccc(C=CS(=O)(=O)NCc2cc(-c3ccncc3)n(C3CCCC3)n2)cc1. The molecule has 0 atom stereocenters. The number of sulfonamides is 1. The summed E-state index contributed by atoms with van der Waals surface area (Å²) in [5.74, 6) is 0. The molecule has 7 heteroatoms. The van der Waals surface area contributed by atoms with Gasteiger partial charge in [-0.1, -0.05) is 42.7 Å². The van der Waals surface area contributed by atoms with Gasteiger partial charge in [-0.3, -0.25) is 9.67 Å². The molecule has 2 heterocycles. The number of nitrogens with one attached hydrogen (secondary N) is 1. The van der Waals surface area contributed by atoms with Gasteiger partial charge in [0.2, 0.25) is 10.0 Å². The Hall–Kier alpha value is -2.77. The molecule has 0 radical (unpaired) electrons. The Bertz CT molecular complexity index is 1110. The van der Waals surface area contributed by atoms with E-state index in [1.807, 2.05) is 49.4 Å². The Morgan fingerprint density at radius 1 is 1.10 bits per heavy atom. The molecule has 0 saturated heterocycles. The molecule has 1 N–H and O–H groups in total. The monoisotopic (exact) mass is 422 g/mol. The van der Waals surface area contributed by atoms with Gasteiger partial charge in [0.25, 0.3) is 0 Å². The number of pyridine rings is 1. The number of hydrogen-bond donors (Lipinski definition) is 1. The average Bonchev–Trinajstić information content (AvgIpc) is 3.42. The summed E-state index contributed by atoms with van der Waals surface area (Å²) < 4.78 is 29.5. The lowest BCUT2D eigenvalue weighted by Gasteiger charge is -2.14. The van der Waals surface area contributed by atoms with Crippen molar-refractivity contribution in [2.75, 3.05) is 0 Å². The quantitative estimate of drug-likeness (QED) is 0.610. The molecule has 1 aliphatic rings. The van der Waals surface area contributed by atoms with E-state index in [2.05, 4.69) is 14.4 Å². The molecule has 0 spiro atoms. The first kappa shape index (κ1) is 20.5. The van der Waals surface area contributed by atoms with Crippen LogP contribution in [0, 0.1) is 6.92 Å². The Kier molecular flexibility index (Phi) is 6.11. The van der Waals surface area contributed by atoms with E-state index in [-0.39, 0.29) is 6.54 Å². The van der Waals surface area contributed by atoms with Crippen LogP contribution in [0.1, 0.15) is 48.5 Å². The number of aryl methyl sites for hydroxylation is 1. The molecule has 6 nitrogen and oxygen atoms in total. The van der Waals surface area contributed by atoms with Crippen LogP contribution in [0.15, 0.2) is 60.3 Å². The molecule has 156 valence electrons. The van der Waals surface area contributed by atoms with Gasteiger partial charge in [-0.05, 0) is 49.6 Å². The number of hydrogen-bond acceptors (Lipinski definition) is 4. The van der Waals surface area contributed by atoms with Gasteiger partial charge in [-0.2, -0.15) is 5.10 Å². The van der Waals surface area contributed by atoms with Gasteiger partial charge < -0.3 is 0 Å². The molecule has 1 aliphatic carbocycles. The fourth-order valence-electron chi connectivity index (χ4n) is 3.77. The molecule has 0 amide bonds. The fraction of sp³-hybridized carbons (Fsp3) is 0.304. The van der Waals surface area contributed by atoms with Crippen molar-refractivity contribution in [2.45, 2.75) is 45.2 Å². The number of nitrogens with zero attached hydrogens (tertiary/aromatic N) is 3. The smallest absolute Gasteiger partial charge is 0.234 e. The predicted octanol–water partition coefficient (Wildman–Crippen LogP) is 4.46. The molecule has 1 aromatic carbocycles. The van der Waals surface area contributed by atoms with Crippen molar-refractivity contribution in [1.82, 2.24) is 19.5 Å². The molecule has 0 unspecified atom stereocenters. The van der Waals surface area contributed by atoms with Crippen molar-refractivity contribution in [2.24, 2.45) is 0 Å². The second kappa shape index (κ2) is 8.93. The highest BCUT2D eigenvalue weighted by Crippen LogP contribution is 2.33. The van der Waals surface area contributed by atoms with Crippen LogP contribution in [0.25, 0.3) is 17.3 Å². The van der Waals surface area contributed by atoms with E-state index in [1.165, 1.54) is 18.2 Å². The van der Waals surface area contributed by atoms with Crippen LogP contribution < -0.4 is 4.72 Å². The molecule has 2 aromatic heterocycles. The minimum Gasteiger partial charge on any atom is -0.265 e. The summed E-state index contributed by atoms with van der Waals surface area (Å²) in [4.78, 5) is 4.09. The maximum absolute atomic E-state index is 12.4. The van der Waals surface area contributed by atoms with Crippen LogP contribution in [0.2, 0.25) is 0 Å². The highest BCUT2D eigenvalue weighted by atomic mass is 32.2. The number of rotatable bonds is 7. The maximum Gasteiger partial charge on any atom is 0.234 e. The van der Waals surface area contributed by atoms with Crippen molar-refractivity contribution >= 4 is 16.1 Å². The zero-order chi connectivity index (χ0) is 21.0. The summed E-state index contributed by atoms with van der Waals surface area (Å²) >= 11 is 0. The first-order chi connectivity index (χ1) is 14.5. The standard InChI is InChI=1S/C23H26N4O2S/c1-18-6-8-19(9-7-18)12-15-30(28,29)25-17-21-16-23(20-10-13-24-14-11-20)27(26-21)22-4-2-3-5-22/h6-16,22,25H,2-5,17H2,1H3. The Labute approximate surface area is 177 Å². The van der Waals surface area contributed by atoms with E-state index in [0.29, 0.717) is 11.7 Å². The van der Waals surface area contributed by atoms with Crippen molar-refractivity contribution in [1.29, 1.82) is 0 Å². The molecule has 0 bridgehead atoms. The van der Waals surface area contributed by atoms with E-state index < -0.39 is 10.0 Å². The molecular formula is C23H26N4O2S. The van der Waals surface area contributed by atoms with Crippen LogP contribution in [0.4, 0.5) is 0 Å². The van der Waals surface area contributed by atoms with Crippen molar-refractivity contribution in [3.05, 3.63) is 77.1 Å². The third-order valence-corrected chi connectivity index (χ3v) is 6.45. The minimum absolute atomic E-state index is 0.151. The normalized spacial score (nSPS) is 15.2. The highest BCUT2D eigenvalue weighted by Gasteiger charge is 2.22. The molecule has 1 saturated carbocycles. The van der Waals surface area contributed by atoms with Gasteiger partial charge in [-0.25, -0.2) is 13.1 Å². The van der Waals surface area contributed by atoms with Crippen LogP contribution in [0.3, 0.4) is 0 Å². The highest BCUT2D eigenvalue weighted by molar-refractivity contribution is 7.92. The molecule has 3 aromatic rings. The Morgan fingerprint density at radius 2 is 1.80 bits per heavy atom. The lowest BCUT2D eigenvalue weighted by Crippen LogP contribution is -2.21. The van der Waals surface area contributed by atoms with Gasteiger partial charge in [0.15, 0.2) is 0 Å². The zero-order valence-electron chi connectivity index (χ0n) is 17.0. The lowest BCUT2D eigenvalue weighted by molar-refractivity contribution is 0.467. The van der Waals surface area contributed by atoms with E-state index in [1.54, 1.807) is 18.5 Å². The number of benzene rings is 1. The van der Waals surface area contributed by atoms with E-state index in [9.17, 15) is 8.42 Å². The summed E-state index contributed by atoms with van der Waals surface area (Å²) in [6.07, 6.45) is 9.73. The summed E-state index contributed by atoms with van der Waals surface area (Å²) in [6, 6.07) is 13.9. The largest absolute Gasteiger partial charge is 0.265 e. The first-order valence-corrected chi connectivity index (χ1v) is 11.8. The van der Waals surface area contributed by atoms with Gasteiger partial charge in [0.05, 0.1) is 24.0 Å².